The highest BCUT2D eigenvalue weighted by Gasteiger charge is 2.30. The zero-order valence-corrected chi connectivity index (χ0v) is 8.68. The third kappa shape index (κ3) is 1.55. The van der Waals surface area contributed by atoms with Gasteiger partial charge in [0, 0.05) is 10.5 Å². The summed E-state index contributed by atoms with van der Waals surface area (Å²) in [4.78, 5) is 34.7. The molecule has 0 aliphatic carbocycles. The van der Waals surface area contributed by atoms with E-state index in [1.807, 2.05) is 11.6 Å². The topological polar surface area (TPSA) is 63.2 Å². The van der Waals surface area contributed by atoms with Crippen LogP contribution in [-0.4, -0.2) is 23.9 Å². The molecule has 0 bridgehead atoms. The van der Waals surface area contributed by atoms with E-state index in [2.05, 4.69) is 0 Å². The molecule has 1 N–H and O–H groups in total. The van der Waals surface area contributed by atoms with Crippen molar-refractivity contribution >= 4 is 29.4 Å². The van der Waals surface area contributed by atoms with Crippen molar-refractivity contribution in [1.82, 2.24) is 5.32 Å². The van der Waals surface area contributed by atoms with Gasteiger partial charge in [-0.25, -0.2) is 0 Å². The number of imide groups is 1. The lowest BCUT2D eigenvalue weighted by Gasteiger charge is -2.14. The maximum absolute atomic E-state index is 11.5. The second-order valence-electron chi connectivity index (χ2n) is 3.02. The van der Waals surface area contributed by atoms with Gasteiger partial charge in [0.05, 0.1) is 5.56 Å². The van der Waals surface area contributed by atoms with E-state index in [4.69, 9.17) is 0 Å². The number of carbonyl (C=O) groups is 3. The summed E-state index contributed by atoms with van der Waals surface area (Å²) in [6, 6.07) is 4.87. The summed E-state index contributed by atoms with van der Waals surface area (Å²) in [6.45, 7) is 0. The Hall–Kier alpha value is -1.62. The number of carbonyl (C=O) groups excluding carboxylic acids is 3. The largest absolute Gasteiger partial charge is 0.299 e. The van der Waals surface area contributed by atoms with E-state index in [0.29, 0.717) is 0 Å². The van der Waals surface area contributed by atoms with Gasteiger partial charge in [-0.2, -0.15) is 0 Å². The van der Waals surface area contributed by atoms with Crippen molar-refractivity contribution in [3.63, 3.8) is 0 Å². The molecule has 0 saturated carbocycles. The number of thioether (sulfide) groups is 1. The Morgan fingerprint density at radius 2 is 1.80 bits per heavy atom. The molecule has 2 amide bonds. The SMILES string of the molecule is CSc1ccc2c(c1)C(=O)C(=O)NC2=O. The molecule has 0 unspecified atom stereocenters. The van der Waals surface area contributed by atoms with Gasteiger partial charge in [-0.05, 0) is 24.5 Å². The highest BCUT2D eigenvalue weighted by molar-refractivity contribution is 7.98. The summed E-state index contributed by atoms with van der Waals surface area (Å²) in [5.74, 6) is -2.02. The fraction of sp³-hybridized carbons (Fsp3) is 0.100. The van der Waals surface area contributed by atoms with Crippen LogP contribution in [0.1, 0.15) is 20.7 Å². The van der Waals surface area contributed by atoms with Gasteiger partial charge in [0.15, 0.2) is 0 Å². The molecule has 0 saturated heterocycles. The van der Waals surface area contributed by atoms with Crippen LogP contribution in [0.2, 0.25) is 0 Å². The number of amides is 2. The van der Waals surface area contributed by atoms with E-state index < -0.39 is 17.6 Å². The average Bonchev–Trinajstić information content (AvgIpc) is 2.25. The van der Waals surface area contributed by atoms with Gasteiger partial charge >= 0.3 is 0 Å². The molecule has 15 heavy (non-hydrogen) atoms. The Kier molecular flexibility index (Phi) is 2.32. The first kappa shape index (κ1) is 9.92. The van der Waals surface area contributed by atoms with Crippen molar-refractivity contribution in [2.24, 2.45) is 0 Å². The Morgan fingerprint density at radius 1 is 1.07 bits per heavy atom. The minimum absolute atomic E-state index is 0.190. The number of hydrogen-bond acceptors (Lipinski definition) is 4. The third-order valence-electron chi connectivity index (χ3n) is 2.15. The second-order valence-corrected chi connectivity index (χ2v) is 3.90. The molecule has 0 atom stereocenters. The zero-order valence-electron chi connectivity index (χ0n) is 7.87. The van der Waals surface area contributed by atoms with Crippen LogP contribution in [0.15, 0.2) is 23.1 Å². The number of benzene rings is 1. The molecule has 2 rings (SSSR count). The fourth-order valence-corrected chi connectivity index (χ4v) is 1.83. The molecule has 1 aromatic rings. The Labute approximate surface area is 90.0 Å². The summed E-state index contributed by atoms with van der Waals surface area (Å²) in [7, 11) is 0. The average molecular weight is 221 g/mol. The molecule has 0 radical (unpaired) electrons. The molecule has 0 fully saturated rings. The lowest BCUT2D eigenvalue weighted by molar-refractivity contribution is -0.116. The van der Waals surface area contributed by atoms with Gasteiger partial charge in [-0.15, -0.1) is 11.8 Å². The Bertz CT molecular complexity index is 482. The predicted molar refractivity (Wildman–Crippen MR) is 55.0 cm³/mol. The van der Waals surface area contributed by atoms with Gasteiger partial charge < -0.3 is 0 Å². The molecule has 76 valence electrons. The molecule has 1 heterocycles. The zero-order chi connectivity index (χ0) is 11.0. The standard InChI is InChI=1S/C10H7NO3S/c1-15-5-2-3-6-7(4-5)8(12)10(14)11-9(6)13/h2-4H,1H3,(H,11,13,14). The summed E-state index contributed by atoms with van der Waals surface area (Å²) in [6.07, 6.45) is 1.86. The van der Waals surface area contributed by atoms with Crippen LogP contribution in [0.5, 0.6) is 0 Å². The lowest BCUT2D eigenvalue weighted by atomic mass is 9.99. The number of ketones is 1. The maximum Gasteiger partial charge on any atom is 0.299 e. The Morgan fingerprint density at radius 3 is 2.47 bits per heavy atom. The van der Waals surface area contributed by atoms with E-state index in [-0.39, 0.29) is 11.1 Å². The first-order valence-corrected chi connectivity index (χ1v) is 5.44. The van der Waals surface area contributed by atoms with E-state index in [1.165, 1.54) is 11.8 Å². The molecule has 0 spiro atoms. The minimum atomic E-state index is -0.856. The number of rotatable bonds is 1. The molecule has 4 nitrogen and oxygen atoms in total. The van der Waals surface area contributed by atoms with Crippen LogP contribution in [-0.2, 0) is 4.79 Å². The summed E-state index contributed by atoms with van der Waals surface area (Å²) >= 11 is 1.45. The fourth-order valence-electron chi connectivity index (χ4n) is 1.39. The van der Waals surface area contributed by atoms with Crippen molar-refractivity contribution in [2.45, 2.75) is 4.90 Å². The first-order chi connectivity index (χ1) is 7.13. The van der Waals surface area contributed by atoms with Gasteiger partial charge in [0.25, 0.3) is 17.6 Å². The smallest absolute Gasteiger partial charge is 0.285 e. The van der Waals surface area contributed by atoms with Gasteiger partial charge in [0.1, 0.15) is 0 Å². The maximum atomic E-state index is 11.5. The van der Waals surface area contributed by atoms with Gasteiger partial charge in [-0.3, -0.25) is 19.7 Å². The van der Waals surface area contributed by atoms with E-state index in [9.17, 15) is 14.4 Å². The number of nitrogens with one attached hydrogen (secondary N) is 1. The van der Waals surface area contributed by atoms with E-state index >= 15 is 0 Å². The molecular formula is C10H7NO3S. The van der Waals surface area contributed by atoms with Crippen LogP contribution in [0.3, 0.4) is 0 Å². The number of hydrogen-bond donors (Lipinski definition) is 1. The quantitative estimate of drug-likeness (QED) is 0.434. The minimum Gasteiger partial charge on any atom is -0.285 e. The molecule has 5 heteroatoms. The summed E-state index contributed by atoms with van der Waals surface area (Å²) in [5, 5.41) is 1.99. The number of fused-ring (bicyclic) bond motifs is 1. The van der Waals surface area contributed by atoms with Crippen LogP contribution in [0, 0.1) is 0 Å². The Balaban J connectivity index is 2.62. The monoisotopic (exact) mass is 221 g/mol. The van der Waals surface area contributed by atoms with E-state index in [1.54, 1.807) is 18.2 Å². The van der Waals surface area contributed by atoms with Crippen LogP contribution in [0.4, 0.5) is 0 Å². The van der Waals surface area contributed by atoms with Crippen LogP contribution in [0.25, 0.3) is 0 Å². The molecule has 1 aromatic carbocycles. The second kappa shape index (κ2) is 3.51. The molecule has 1 aliphatic rings. The van der Waals surface area contributed by atoms with Crippen molar-refractivity contribution in [3.05, 3.63) is 29.3 Å². The molecule has 1 aliphatic heterocycles. The van der Waals surface area contributed by atoms with Crippen molar-refractivity contribution < 1.29 is 14.4 Å². The third-order valence-corrected chi connectivity index (χ3v) is 2.87. The normalized spacial score (nSPS) is 14.9. The summed E-state index contributed by atoms with van der Waals surface area (Å²) in [5.41, 5.74) is 0.452. The van der Waals surface area contributed by atoms with Crippen LogP contribution < -0.4 is 5.32 Å². The molecular weight excluding hydrogens is 214 g/mol. The highest BCUT2D eigenvalue weighted by Crippen LogP contribution is 2.21. The first-order valence-electron chi connectivity index (χ1n) is 4.21. The van der Waals surface area contributed by atoms with Gasteiger partial charge in [-0.1, -0.05) is 0 Å². The number of Topliss-reactive ketones (excluding diaryl/α,β-unsaturated/α-hetero) is 1. The van der Waals surface area contributed by atoms with Crippen molar-refractivity contribution in [1.29, 1.82) is 0 Å². The summed E-state index contributed by atoms with van der Waals surface area (Å²) < 4.78 is 0. The lowest BCUT2D eigenvalue weighted by Crippen LogP contribution is -2.42. The van der Waals surface area contributed by atoms with Gasteiger partial charge in [0.2, 0.25) is 0 Å². The van der Waals surface area contributed by atoms with Crippen molar-refractivity contribution in [2.75, 3.05) is 6.26 Å². The predicted octanol–water partition coefficient (Wildman–Crippen LogP) is 0.861. The van der Waals surface area contributed by atoms with Crippen LogP contribution >= 0.6 is 11.8 Å². The highest BCUT2D eigenvalue weighted by atomic mass is 32.2. The molecule has 0 aromatic heterocycles. The van der Waals surface area contributed by atoms with E-state index in [0.717, 1.165) is 4.90 Å². The van der Waals surface area contributed by atoms with Crippen molar-refractivity contribution in [3.8, 4) is 0 Å².